The van der Waals surface area contributed by atoms with Crippen molar-refractivity contribution < 1.29 is 9.53 Å². The fourth-order valence-electron chi connectivity index (χ4n) is 4.91. The molecule has 0 aliphatic carbocycles. The number of aromatic nitrogens is 2. The Morgan fingerprint density at radius 3 is 2.19 bits per heavy atom. The molecule has 2 aromatic carbocycles. The van der Waals surface area contributed by atoms with Gasteiger partial charge >= 0.3 is 0 Å². The van der Waals surface area contributed by atoms with E-state index < -0.39 is 0 Å². The van der Waals surface area contributed by atoms with E-state index in [2.05, 4.69) is 50.9 Å². The van der Waals surface area contributed by atoms with Crippen molar-refractivity contribution in [3.63, 3.8) is 0 Å². The standard InChI is InChI=1S/C28H34N6O3/c1-21-3-7-24(8-4-21)32-13-11-31(12-14-32)20-23-19-26(35)30-28(29-23)34-17-15-33(16-18-34)27(36)22-5-9-25(37-2)10-6-22/h3-10,19H,11-18,20H2,1-2H3,(H,29,30,35). The van der Waals surface area contributed by atoms with Crippen LogP contribution in [0.2, 0.25) is 0 Å². The number of methoxy groups -OCH3 is 1. The quantitative estimate of drug-likeness (QED) is 0.554. The van der Waals surface area contributed by atoms with Crippen molar-refractivity contribution in [3.05, 3.63) is 81.8 Å². The molecule has 1 amide bonds. The predicted octanol–water partition coefficient (Wildman–Crippen LogP) is 2.37. The molecule has 2 aliphatic rings. The summed E-state index contributed by atoms with van der Waals surface area (Å²) in [7, 11) is 1.61. The van der Waals surface area contributed by atoms with Gasteiger partial charge in [-0.2, -0.15) is 0 Å². The zero-order valence-corrected chi connectivity index (χ0v) is 21.5. The Hall–Kier alpha value is -3.85. The molecule has 9 heteroatoms. The number of benzene rings is 2. The zero-order chi connectivity index (χ0) is 25.8. The second kappa shape index (κ2) is 11.0. The molecule has 9 nitrogen and oxygen atoms in total. The highest BCUT2D eigenvalue weighted by Crippen LogP contribution is 2.19. The van der Waals surface area contributed by atoms with Gasteiger partial charge in [-0.05, 0) is 43.3 Å². The number of carbonyl (C=O) groups is 1. The first-order valence-electron chi connectivity index (χ1n) is 12.8. The van der Waals surface area contributed by atoms with Crippen LogP contribution in [-0.4, -0.2) is 85.1 Å². The molecule has 0 bridgehead atoms. The monoisotopic (exact) mass is 502 g/mol. The molecule has 37 heavy (non-hydrogen) atoms. The number of nitrogens with zero attached hydrogens (tertiary/aromatic N) is 5. The average Bonchev–Trinajstić information content (AvgIpc) is 2.93. The highest BCUT2D eigenvalue weighted by Gasteiger charge is 2.24. The van der Waals surface area contributed by atoms with Crippen LogP contribution in [0.25, 0.3) is 0 Å². The lowest BCUT2D eigenvalue weighted by Crippen LogP contribution is -2.49. The van der Waals surface area contributed by atoms with Gasteiger partial charge in [0, 0.05) is 76.2 Å². The summed E-state index contributed by atoms with van der Waals surface area (Å²) in [6.45, 7) is 8.86. The summed E-state index contributed by atoms with van der Waals surface area (Å²) in [5.74, 6) is 1.31. The first-order valence-corrected chi connectivity index (χ1v) is 12.8. The Balaban J connectivity index is 1.16. The second-order valence-electron chi connectivity index (χ2n) is 9.67. The summed E-state index contributed by atoms with van der Waals surface area (Å²) in [5, 5.41) is 0. The first-order chi connectivity index (χ1) is 18.0. The number of rotatable bonds is 6. The number of amides is 1. The van der Waals surface area contributed by atoms with Crippen molar-refractivity contribution in [1.29, 1.82) is 0 Å². The van der Waals surface area contributed by atoms with Crippen molar-refractivity contribution in [2.24, 2.45) is 0 Å². The Labute approximate surface area is 217 Å². The van der Waals surface area contributed by atoms with Gasteiger partial charge in [-0.1, -0.05) is 17.7 Å². The van der Waals surface area contributed by atoms with Crippen LogP contribution in [0, 0.1) is 6.92 Å². The van der Waals surface area contributed by atoms with Gasteiger partial charge in [0.05, 0.1) is 12.8 Å². The summed E-state index contributed by atoms with van der Waals surface area (Å²) in [5.41, 5.74) is 3.80. The summed E-state index contributed by atoms with van der Waals surface area (Å²) in [6.07, 6.45) is 0. The molecule has 194 valence electrons. The van der Waals surface area contributed by atoms with Crippen molar-refractivity contribution in [1.82, 2.24) is 19.8 Å². The van der Waals surface area contributed by atoms with Crippen molar-refractivity contribution in [3.8, 4) is 5.75 Å². The molecule has 2 fully saturated rings. The molecule has 0 spiro atoms. The molecule has 0 radical (unpaired) electrons. The number of hydrogen-bond acceptors (Lipinski definition) is 7. The molecular formula is C28H34N6O3. The molecule has 2 aliphatic heterocycles. The molecule has 2 saturated heterocycles. The fraction of sp³-hybridized carbons (Fsp3) is 0.393. The van der Waals surface area contributed by atoms with Gasteiger partial charge in [-0.25, -0.2) is 4.98 Å². The topological polar surface area (TPSA) is 85.0 Å². The minimum atomic E-state index is -0.143. The first kappa shape index (κ1) is 24.8. The molecule has 5 rings (SSSR count). The second-order valence-corrected chi connectivity index (χ2v) is 9.67. The van der Waals surface area contributed by atoms with E-state index in [1.54, 1.807) is 37.4 Å². The molecule has 3 aromatic rings. The highest BCUT2D eigenvalue weighted by molar-refractivity contribution is 5.94. The average molecular weight is 503 g/mol. The van der Waals surface area contributed by atoms with Gasteiger partial charge in [-0.3, -0.25) is 19.5 Å². The number of anilines is 2. The van der Waals surface area contributed by atoms with E-state index in [9.17, 15) is 9.59 Å². The van der Waals surface area contributed by atoms with Gasteiger partial charge in [0.15, 0.2) is 0 Å². The number of ether oxygens (including phenoxy) is 1. The van der Waals surface area contributed by atoms with Gasteiger partial charge in [-0.15, -0.1) is 0 Å². The van der Waals surface area contributed by atoms with Gasteiger partial charge in [0.2, 0.25) is 5.95 Å². The molecule has 0 unspecified atom stereocenters. The minimum Gasteiger partial charge on any atom is -0.497 e. The number of aromatic amines is 1. The third-order valence-corrected chi connectivity index (χ3v) is 7.14. The van der Waals surface area contributed by atoms with Crippen molar-refractivity contribution in [2.45, 2.75) is 13.5 Å². The molecule has 3 heterocycles. The summed E-state index contributed by atoms with van der Waals surface area (Å²) in [6, 6.07) is 17.4. The maximum atomic E-state index is 12.9. The smallest absolute Gasteiger partial charge is 0.253 e. The molecule has 1 N–H and O–H groups in total. The normalized spacial score (nSPS) is 16.6. The van der Waals surface area contributed by atoms with Crippen molar-refractivity contribution in [2.75, 3.05) is 69.3 Å². The Morgan fingerprint density at radius 1 is 0.892 bits per heavy atom. The predicted molar refractivity (Wildman–Crippen MR) is 145 cm³/mol. The lowest BCUT2D eigenvalue weighted by Gasteiger charge is -2.36. The van der Waals surface area contributed by atoms with E-state index in [4.69, 9.17) is 9.72 Å². The number of carbonyl (C=O) groups excluding carboxylic acids is 1. The molecule has 1 aromatic heterocycles. The zero-order valence-electron chi connectivity index (χ0n) is 21.5. The van der Waals surface area contributed by atoms with Gasteiger partial charge < -0.3 is 19.4 Å². The lowest BCUT2D eigenvalue weighted by atomic mass is 10.1. The number of nitrogens with one attached hydrogen (secondary N) is 1. The van der Waals surface area contributed by atoms with E-state index in [-0.39, 0.29) is 11.5 Å². The number of aryl methyl sites for hydroxylation is 1. The van der Waals surface area contributed by atoms with Crippen LogP contribution < -0.4 is 20.1 Å². The largest absolute Gasteiger partial charge is 0.497 e. The van der Waals surface area contributed by atoms with Crippen LogP contribution >= 0.6 is 0 Å². The van der Waals surface area contributed by atoms with Crippen LogP contribution in [0.15, 0.2) is 59.4 Å². The van der Waals surface area contributed by atoms with Crippen LogP contribution in [0.4, 0.5) is 11.6 Å². The van der Waals surface area contributed by atoms with E-state index >= 15 is 0 Å². The van der Waals surface area contributed by atoms with Crippen LogP contribution in [0.3, 0.4) is 0 Å². The van der Waals surface area contributed by atoms with E-state index in [0.717, 1.165) is 37.6 Å². The maximum Gasteiger partial charge on any atom is 0.253 e. The molecule has 0 atom stereocenters. The van der Waals surface area contributed by atoms with Gasteiger partial charge in [0.1, 0.15) is 5.75 Å². The third kappa shape index (κ3) is 5.94. The van der Waals surface area contributed by atoms with Crippen LogP contribution in [-0.2, 0) is 6.54 Å². The summed E-state index contributed by atoms with van der Waals surface area (Å²) in [4.78, 5) is 41.7. The third-order valence-electron chi connectivity index (χ3n) is 7.14. The number of piperazine rings is 2. The highest BCUT2D eigenvalue weighted by atomic mass is 16.5. The maximum absolute atomic E-state index is 12.9. The Bertz CT molecular complexity index is 1260. The van der Waals surface area contributed by atoms with E-state index in [1.807, 2.05) is 4.90 Å². The molecular weight excluding hydrogens is 468 g/mol. The summed E-state index contributed by atoms with van der Waals surface area (Å²) >= 11 is 0. The Kier molecular flexibility index (Phi) is 7.41. The lowest BCUT2D eigenvalue weighted by molar-refractivity contribution is 0.0746. The number of H-pyrrole nitrogens is 1. The van der Waals surface area contributed by atoms with Crippen LogP contribution in [0.1, 0.15) is 21.6 Å². The molecule has 0 saturated carbocycles. The van der Waals surface area contributed by atoms with E-state index in [1.165, 1.54) is 11.3 Å². The van der Waals surface area contributed by atoms with E-state index in [0.29, 0.717) is 44.2 Å². The fourth-order valence-corrected chi connectivity index (χ4v) is 4.91. The minimum absolute atomic E-state index is 0.00212. The number of hydrogen-bond donors (Lipinski definition) is 1. The van der Waals surface area contributed by atoms with Crippen molar-refractivity contribution >= 4 is 17.5 Å². The van der Waals surface area contributed by atoms with Gasteiger partial charge in [0.25, 0.3) is 11.5 Å². The summed E-state index contributed by atoms with van der Waals surface area (Å²) < 4.78 is 5.18. The Morgan fingerprint density at radius 2 is 1.54 bits per heavy atom. The van der Waals surface area contributed by atoms with Crippen LogP contribution in [0.5, 0.6) is 5.75 Å². The SMILES string of the molecule is COc1ccc(C(=O)N2CCN(c3nc(CN4CCN(c5ccc(C)cc5)CC4)cc(=O)[nH]3)CC2)cc1.